The molecule has 0 fully saturated rings. The van der Waals surface area contributed by atoms with Crippen LogP contribution in [0.4, 0.5) is 5.69 Å². The van der Waals surface area contributed by atoms with Gasteiger partial charge < -0.3 is 14.5 Å². The molecule has 4 rings (SSSR count). The quantitative estimate of drug-likeness (QED) is 0.248. The molecule has 0 aliphatic carbocycles. The summed E-state index contributed by atoms with van der Waals surface area (Å²) in [4.78, 5) is 16.6. The van der Waals surface area contributed by atoms with Gasteiger partial charge in [0.15, 0.2) is 5.58 Å². The highest BCUT2D eigenvalue weighted by Crippen LogP contribution is 2.27. The van der Waals surface area contributed by atoms with E-state index in [-0.39, 0.29) is 21.8 Å². The Hall–Kier alpha value is -2.92. The van der Waals surface area contributed by atoms with Gasteiger partial charge >= 0.3 is 0 Å². The second-order valence-corrected chi connectivity index (χ2v) is 11.0. The number of aromatic nitrogens is 1. The lowest BCUT2D eigenvalue weighted by molar-refractivity contribution is -0.118. The van der Waals surface area contributed by atoms with Crippen LogP contribution in [-0.4, -0.2) is 38.7 Å². The molecule has 2 N–H and O–H groups in total. The SMILES string of the molecule is COc1ccc(NS(=O)(=O)c2ccc3oc(SCC(=O)NCCc4ccc(Cl)cc4Cl)nc3c2)cc1. The summed E-state index contributed by atoms with van der Waals surface area (Å²) in [6, 6.07) is 16.2. The van der Waals surface area contributed by atoms with E-state index in [4.69, 9.17) is 32.4 Å². The van der Waals surface area contributed by atoms with Crippen molar-refractivity contribution in [3.8, 4) is 5.75 Å². The van der Waals surface area contributed by atoms with Gasteiger partial charge in [-0.05, 0) is 66.6 Å². The summed E-state index contributed by atoms with van der Waals surface area (Å²) in [6.07, 6.45) is 0.567. The maximum atomic E-state index is 12.8. The molecule has 4 aromatic rings. The lowest BCUT2D eigenvalue weighted by atomic mass is 10.1. The van der Waals surface area contributed by atoms with Gasteiger partial charge in [-0.3, -0.25) is 9.52 Å². The maximum Gasteiger partial charge on any atom is 0.261 e. The number of nitrogens with one attached hydrogen (secondary N) is 2. The van der Waals surface area contributed by atoms with Crippen molar-refractivity contribution in [3.05, 3.63) is 76.3 Å². The fourth-order valence-corrected chi connectivity index (χ4v) is 5.48. The molecule has 0 saturated heterocycles. The van der Waals surface area contributed by atoms with Gasteiger partial charge in [0.2, 0.25) is 5.91 Å². The molecule has 0 unspecified atom stereocenters. The first-order valence-corrected chi connectivity index (χ1v) is 13.9. The van der Waals surface area contributed by atoms with Gasteiger partial charge in [-0.2, -0.15) is 0 Å². The minimum Gasteiger partial charge on any atom is -0.497 e. The molecule has 12 heteroatoms. The van der Waals surface area contributed by atoms with Crippen molar-refractivity contribution >= 4 is 67.7 Å². The molecule has 0 saturated carbocycles. The summed E-state index contributed by atoms with van der Waals surface area (Å²) in [6.45, 7) is 0.413. The van der Waals surface area contributed by atoms with E-state index in [0.29, 0.717) is 45.5 Å². The van der Waals surface area contributed by atoms with Crippen molar-refractivity contribution in [1.29, 1.82) is 0 Å². The largest absolute Gasteiger partial charge is 0.497 e. The Labute approximate surface area is 222 Å². The zero-order valence-corrected chi connectivity index (χ0v) is 22.1. The number of methoxy groups -OCH3 is 1. The third-order valence-corrected chi connectivity index (χ3v) is 7.84. The highest BCUT2D eigenvalue weighted by molar-refractivity contribution is 7.99. The highest BCUT2D eigenvalue weighted by atomic mass is 35.5. The Bertz CT molecular complexity index is 1490. The first-order chi connectivity index (χ1) is 17.2. The van der Waals surface area contributed by atoms with Crippen LogP contribution in [0.25, 0.3) is 11.1 Å². The molecule has 1 heterocycles. The van der Waals surface area contributed by atoms with Crippen molar-refractivity contribution in [3.63, 3.8) is 0 Å². The topological polar surface area (TPSA) is 111 Å². The van der Waals surface area contributed by atoms with Gasteiger partial charge in [-0.1, -0.05) is 41.0 Å². The molecule has 0 aliphatic rings. The summed E-state index contributed by atoms with van der Waals surface area (Å²) < 4.78 is 38.8. The van der Waals surface area contributed by atoms with Crippen molar-refractivity contribution in [2.24, 2.45) is 0 Å². The van der Waals surface area contributed by atoms with E-state index in [1.54, 1.807) is 36.4 Å². The van der Waals surface area contributed by atoms with Crippen molar-refractivity contribution in [2.45, 2.75) is 16.5 Å². The zero-order chi connectivity index (χ0) is 25.7. The number of fused-ring (bicyclic) bond motifs is 1. The van der Waals surface area contributed by atoms with Gasteiger partial charge in [0.25, 0.3) is 15.2 Å². The second-order valence-electron chi connectivity index (χ2n) is 7.57. The Kier molecular flexibility index (Phi) is 8.30. The van der Waals surface area contributed by atoms with Gasteiger partial charge in [-0.25, -0.2) is 13.4 Å². The zero-order valence-electron chi connectivity index (χ0n) is 19.0. The number of rotatable bonds is 10. The van der Waals surface area contributed by atoms with Crippen LogP contribution >= 0.6 is 35.0 Å². The molecule has 1 aromatic heterocycles. The van der Waals surface area contributed by atoms with E-state index in [0.717, 1.165) is 17.3 Å². The summed E-state index contributed by atoms with van der Waals surface area (Å²) >= 11 is 13.2. The summed E-state index contributed by atoms with van der Waals surface area (Å²) in [5.41, 5.74) is 2.07. The molecular formula is C24H21Cl2N3O5S2. The molecule has 0 spiro atoms. The molecular weight excluding hydrogens is 545 g/mol. The number of ether oxygens (including phenoxy) is 1. The van der Waals surface area contributed by atoms with E-state index in [1.165, 1.54) is 25.3 Å². The summed E-state index contributed by atoms with van der Waals surface area (Å²) in [7, 11) is -2.31. The first-order valence-electron chi connectivity index (χ1n) is 10.6. The van der Waals surface area contributed by atoms with Gasteiger partial charge in [0, 0.05) is 22.3 Å². The van der Waals surface area contributed by atoms with E-state index >= 15 is 0 Å². The number of nitrogens with zero attached hydrogens (tertiary/aromatic N) is 1. The fraction of sp³-hybridized carbons (Fsp3) is 0.167. The fourth-order valence-electron chi connectivity index (χ4n) is 3.23. The number of sulfonamides is 1. The standard InChI is InChI=1S/C24H21Cl2N3O5S2/c1-33-18-6-4-17(5-7-18)29-36(31,32)19-8-9-22-21(13-19)28-24(34-22)35-14-23(30)27-11-10-15-2-3-16(25)12-20(15)26/h2-9,12-13,29H,10-11,14H2,1H3,(H,27,30). The number of amides is 1. The van der Waals surface area contributed by atoms with Crippen LogP contribution in [0.15, 0.2) is 75.2 Å². The number of thioether (sulfide) groups is 1. The predicted molar refractivity (Wildman–Crippen MR) is 142 cm³/mol. The minimum atomic E-state index is -3.84. The van der Waals surface area contributed by atoms with Crippen molar-refractivity contribution in [1.82, 2.24) is 10.3 Å². The maximum absolute atomic E-state index is 12.8. The normalized spacial score (nSPS) is 11.4. The predicted octanol–water partition coefficient (Wildman–Crippen LogP) is 5.40. The number of carbonyl (C=O) groups is 1. The molecule has 1 amide bonds. The van der Waals surface area contributed by atoms with Crippen LogP contribution < -0.4 is 14.8 Å². The van der Waals surface area contributed by atoms with E-state index in [1.807, 2.05) is 6.07 Å². The minimum absolute atomic E-state index is 0.0364. The average molecular weight is 566 g/mol. The molecule has 0 radical (unpaired) electrons. The van der Waals surface area contributed by atoms with Gasteiger partial charge in [0.1, 0.15) is 11.3 Å². The van der Waals surface area contributed by atoms with Gasteiger partial charge in [-0.15, -0.1) is 0 Å². The van der Waals surface area contributed by atoms with Crippen molar-refractivity contribution < 1.29 is 22.4 Å². The van der Waals surface area contributed by atoms with Crippen LogP contribution in [0.3, 0.4) is 0 Å². The Morgan fingerprint density at radius 3 is 2.58 bits per heavy atom. The summed E-state index contributed by atoms with van der Waals surface area (Å²) in [5, 5.41) is 4.19. The monoisotopic (exact) mass is 565 g/mol. The number of halogens is 2. The van der Waals surface area contributed by atoms with Crippen molar-refractivity contribution in [2.75, 3.05) is 24.1 Å². The smallest absolute Gasteiger partial charge is 0.261 e. The van der Waals surface area contributed by atoms with E-state index in [9.17, 15) is 13.2 Å². The molecule has 0 aliphatic heterocycles. The molecule has 3 aromatic carbocycles. The highest BCUT2D eigenvalue weighted by Gasteiger charge is 2.17. The van der Waals surface area contributed by atoms with Crippen LogP contribution in [0.5, 0.6) is 5.75 Å². The Morgan fingerprint density at radius 2 is 1.86 bits per heavy atom. The second kappa shape index (κ2) is 11.4. The summed E-state index contributed by atoms with van der Waals surface area (Å²) in [5.74, 6) is 0.511. The van der Waals surface area contributed by atoms with Crippen LogP contribution in [0.1, 0.15) is 5.56 Å². The molecule has 188 valence electrons. The number of oxazole rings is 1. The van der Waals surface area contributed by atoms with E-state index in [2.05, 4.69) is 15.0 Å². The molecule has 0 atom stereocenters. The lowest BCUT2D eigenvalue weighted by Gasteiger charge is -2.08. The molecule has 36 heavy (non-hydrogen) atoms. The van der Waals surface area contributed by atoms with E-state index < -0.39 is 10.0 Å². The Morgan fingerprint density at radius 1 is 1.08 bits per heavy atom. The molecule has 0 bridgehead atoms. The third kappa shape index (κ3) is 6.64. The average Bonchev–Trinajstić information content (AvgIpc) is 3.27. The van der Waals surface area contributed by atoms with Gasteiger partial charge in [0.05, 0.1) is 17.8 Å². The third-order valence-electron chi connectivity index (χ3n) is 5.05. The first kappa shape index (κ1) is 26.2. The number of carbonyl (C=O) groups excluding carboxylic acids is 1. The lowest BCUT2D eigenvalue weighted by Crippen LogP contribution is -2.27. The molecule has 8 nitrogen and oxygen atoms in total. The number of anilines is 1. The number of hydrogen-bond acceptors (Lipinski definition) is 7. The van der Waals surface area contributed by atoms with Crippen LogP contribution in [-0.2, 0) is 21.2 Å². The number of benzene rings is 3. The van der Waals surface area contributed by atoms with Crippen LogP contribution in [0.2, 0.25) is 10.0 Å². The Balaban J connectivity index is 1.33. The number of hydrogen-bond donors (Lipinski definition) is 2. The van der Waals surface area contributed by atoms with Crippen LogP contribution in [0, 0.1) is 0 Å².